The smallest absolute Gasteiger partial charge is 0.414 e. The SMILES string of the molecule is CC(C)[Si](C1=CN(C(=O)O[C@@H]2CCCC[C@H]2C(C)(C)c2ccccc2)[C@@H](/C=C/C=C/c2ccccc2)CC1=O)(C(C)C)C(C)C. The van der Waals surface area contributed by atoms with E-state index < -0.39 is 14.1 Å². The zero-order valence-corrected chi connectivity index (χ0v) is 29.8. The van der Waals surface area contributed by atoms with Crippen molar-refractivity contribution in [2.24, 2.45) is 5.92 Å². The number of carbonyl (C=O) groups excluding carboxylic acids is 2. The number of hydrogen-bond acceptors (Lipinski definition) is 3. The molecule has 1 amide bonds. The highest BCUT2D eigenvalue weighted by Crippen LogP contribution is 2.48. The second-order valence-electron chi connectivity index (χ2n) is 14.6. The van der Waals surface area contributed by atoms with Crippen LogP contribution in [-0.4, -0.2) is 37.0 Å². The quantitative estimate of drug-likeness (QED) is 0.195. The fourth-order valence-corrected chi connectivity index (χ4v) is 15.4. The van der Waals surface area contributed by atoms with Crippen LogP contribution < -0.4 is 0 Å². The zero-order valence-electron chi connectivity index (χ0n) is 28.8. The van der Waals surface area contributed by atoms with Crippen LogP contribution in [0.2, 0.25) is 16.6 Å². The van der Waals surface area contributed by atoms with Gasteiger partial charge in [0.15, 0.2) is 5.78 Å². The molecule has 0 radical (unpaired) electrons. The van der Waals surface area contributed by atoms with Crippen LogP contribution in [0, 0.1) is 5.92 Å². The Hall–Kier alpha value is -3.18. The average molecular weight is 626 g/mol. The maximum absolute atomic E-state index is 14.3. The summed E-state index contributed by atoms with van der Waals surface area (Å²) >= 11 is 0. The molecule has 0 unspecified atom stereocenters. The minimum Gasteiger partial charge on any atom is -0.446 e. The third kappa shape index (κ3) is 7.46. The first-order valence-corrected chi connectivity index (χ1v) is 19.3. The maximum atomic E-state index is 14.3. The molecule has 5 heteroatoms. The van der Waals surface area contributed by atoms with Crippen LogP contribution in [0.4, 0.5) is 4.79 Å². The highest BCUT2D eigenvalue weighted by molar-refractivity contribution is 6.93. The van der Waals surface area contributed by atoms with Gasteiger partial charge in [0, 0.05) is 18.5 Å². The molecule has 242 valence electrons. The molecule has 45 heavy (non-hydrogen) atoms. The molecule has 0 saturated heterocycles. The number of carbonyl (C=O) groups is 2. The van der Waals surface area contributed by atoms with Crippen molar-refractivity contribution in [1.29, 1.82) is 0 Å². The predicted octanol–water partition coefficient (Wildman–Crippen LogP) is 10.7. The molecule has 4 nitrogen and oxygen atoms in total. The van der Waals surface area contributed by atoms with Gasteiger partial charge in [-0.3, -0.25) is 9.69 Å². The van der Waals surface area contributed by atoms with Crippen LogP contribution in [0.15, 0.2) is 90.3 Å². The number of hydrogen-bond donors (Lipinski definition) is 0. The lowest BCUT2D eigenvalue weighted by Gasteiger charge is -2.47. The average Bonchev–Trinajstić information content (AvgIpc) is 3.01. The highest BCUT2D eigenvalue weighted by Gasteiger charge is 2.51. The molecule has 0 aromatic heterocycles. The lowest BCUT2D eigenvalue weighted by Crippen LogP contribution is -2.54. The molecule has 2 aliphatic rings. The molecule has 0 bridgehead atoms. The van der Waals surface area contributed by atoms with Crippen molar-refractivity contribution in [3.63, 3.8) is 0 Å². The van der Waals surface area contributed by atoms with E-state index in [1.165, 1.54) is 5.56 Å². The van der Waals surface area contributed by atoms with Gasteiger partial charge < -0.3 is 4.74 Å². The summed E-state index contributed by atoms with van der Waals surface area (Å²) < 4.78 is 6.53. The van der Waals surface area contributed by atoms with Crippen molar-refractivity contribution in [3.8, 4) is 0 Å². The summed E-state index contributed by atoms with van der Waals surface area (Å²) in [5, 5.41) is 0.897. The number of amides is 1. The summed E-state index contributed by atoms with van der Waals surface area (Å²) in [7, 11) is -2.31. The van der Waals surface area contributed by atoms with Gasteiger partial charge in [0.05, 0.1) is 6.04 Å². The summed E-state index contributed by atoms with van der Waals surface area (Å²) in [5.74, 6) is 0.398. The van der Waals surface area contributed by atoms with E-state index in [4.69, 9.17) is 4.74 Å². The van der Waals surface area contributed by atoms with Crippen LogP contribution in [-0.2, 0) is 14.9 Å². The number of Topliss-reactive ketones (excluding diaryl/α,β-unsaturated/α-hetero) is 1. The predicted molar refractivity (Wildman–Crippen MR) is 191 cm³/mol. The van der Waals surface area contributed by atoms with E-state index in [1.54, 1.807) is 4.90 Å². The first kappa shape index (κ1) is 34.7. The van der Waals surface area contributed by atoms with Crippen molar-refractivity contribution in [2.75, 3.05) is 0 Å². The monoisotopic (exact) mass is 625 g/mol. The van der Waals surface area contributed by atoms with Gasteiger partial charge in [-0.05, 0) is 57.6 Å². The number of ether oxygens (including phenoxy) is 1. The Kier molecular flexibility index (Phi) is 11.5. The minimum atomic E-state index is -2.31. The highest BCUT2D eigenvalue weighted by atomic mass is 28.3. The minimum absolute atomic E-state index is 0.137. The van der Waals surface area contributed by atoms with Crippen LogP contribution >= 0.6 is 0 Å². The molecule has 2 aromatic rings. The Morgan fingerprint density at radius 1 is 0.867 bits per heavy atom. The van der Waals surface area contributed by atoms with Gasteiger partial charge in [-0.2, -0.15) is 0 Å². The van der Waals surface area contributed by atoms with Gasteiger partial charge in [0.2, 0.25) is 0 Å². The van der Waals surface area contributed by atoms with Crippen LogP contribution in [0.3, 0.4) is 0 Å². The van der Waals surface area contributed by atoms with Crippen molar-refractivity contribution in [3.05, 3.63) is 101 Å². The normalized spacial score (nSPS) is 21.8. The van der Waals surface area contributed by atoms with E-state index in [0.29, 0.717) is 16.6 Å². The fraction of sp³-hybridized carbons (Fsp3) is 0.500. The molecule has 3 atom stereocenters. The Bertz CT molecular complexity index is 1350. The Morgan fingerprint density at radius 2 is 1.44 bits per heavy atom. The van der Waals surface area contributed by atoms with E-state index in [-0.39, 0.29) is 35.7 Å². The van der Waals surface area contributed by atoms with Crippen LogP contribution in [0.25, 0.3) is 6.08 Å². The fourth-order valence-electron chi connectivity index (χ4n) is 8.60. The lowest BCUT2D eigenvalue weighted by atomic mass is 9.66. The van der Waals surface area contributed by atoms with E-state index in [9.17, 15) is 9.59 Å². The maximum Gasteiger partial charge on any atom is 0.414 e. The molecule has 2 aromatic carbocycles. The molecule has 1 saturated carbocycles. The molecule has 0 N–H and O–H groups in total. The first-order chi connectivity index (χ1) is 21.4. The Labute approximate surface area is 273 Å². The molecule has 1 aliphatic heterocycles. The van der Waals surface area contributed by atoms with E-state index in [1.807, 2.05) is 48.7 Å². The zero-order chi connectivity index (χ0) is 32.8. The van der Waals surface area contributed by atoms with Gasteiger partial charge in [0.1, 0.15) is 14.2 Å². The summed E-state index contributed by atoms with van der Waals surface area (Å²) in [6.45, 7) is 18.2. The van der Waals surface area contributed by atoms with Crippen molar-refractivity contribution in [1.82, 2.24) is 4.90 Å². The molecular weight excluding hydrogens is 571 g/mol. The first-order valence-electron chi connectivity index (χ1n) is 17.1. The topological polar surface area (TPSA) is 46.6 Å². The number of rotatable bonds is 10. The second kappa shape index (κ2) is 14.9. The third-order valence-corrected chi connectivity index (χ3v) is 17.9. The molecule has 1 heterocycles. The van der Waals surface area contributed by atoms with Gasteiger partial charge in [-0.25, -0.2) is 4.79 Å². The summed E-state index contributed by atoms with van der Waals surface area (Å²) in [6.07, 6.45) is 13.7. The number of nitrogens with zero attached hydrogens (tertiary/aromatic N) is 1. The molecule has 1 aliphatic carbocycles. The Balaban J connectivity index is 1.70. The number of allylic oxidation sites excluding steroid dienone is 3. The Morgan fingerprint density at radius 3 is 2.04 bits per heavy atom. The van der Waals surface area contributed by atoms with E-state index >= 15 is 0 Å². The molecule has 4 rings (SSSR count). The summed E-state index contributed by atoms with van der Waals surface area (Å²) in [5.41, 5.74) is 3.33. The molecule has 0 spiro atoms. The van der Waals surface area contributed by atoms with Gasteiger partial charge >= 0.3 is 6.09 Å². The van der Waals surface area contributed by atoms with E-state index in [2.05, 4.69) is 97.9 Å². The standard InChI is InChI=1S/C40H55NO3Si/c1-29(2)45(30(3)4,31(5)6)38-28-41(34(27-36(38)42)24-16-15-21-32-19-11-9-12-20-32)39(43)44-37-26-18-17-25-35(37)40(7,8)33-22-13-10-14-23-33/h9-16,19-24,28-31,34-35,37H,17-18,25-27H2,1-8H3/b21-15+,24-16+/t34-,35+,37+/m0/s1. The van der Waals surface area contributed by atoms with Gasteiger partial charge in [-0.1, -0.05) is 147 Å². The second-order valence-corrected chi connectivity index (χ2v) is 20.5. The lowest BCUT2D eigenvalue weighted by molar-refractivity contribution is -0.116. The van der Waals surface area contributed by atoms with Gasteiger partial charge in [0.25, 0.3) is 0 Å². The van der Waals surface area contributed by atoms with E-state index in [0.717, 1.165) is 36.4 Å². The third-order valence-electron chi connectivity index (χ3n) is 10.8. The van der Waals surface area contributed by atoms with Crippen LogP contribution in [0.1, 0.15) is 98.6 Å². The number of ketones is 1. The summed E-state index contributed by atoms with van der Waals surface area (Å²) in [6, 6.07) is 20.4. The van der Waals surface area contributed by atoms with Crippen molar-refractivity contribution in [2.45, 2.75) is 122 Å². The van der Waals surface area contributed by atoms with Crippen LogP contribution in [0.5, 0.6) is 0 Å². The largest absolute Gasteiger partial charge is 0.446 e. The summed E-state index contributed by atoms with van der Waals surface area (Å²) in [4.78, 5) is 30.2. The van der Waals surface area contributed by atoms with Crippen molar-refractivity contribution >= 4 is 26.0 Å². The molecular formula is C40H55NO3Si. The molecule has 1 fully saturated rings. The number of benzene rings is 2. The van der Waals surface area contributed by atoms with Gasteiger partial charge in [-0.15, -0.1) is 0 Å². The van der Waals surface area contributed by atoms with Crippen molar-refractivity contribution < 1.29 is 14.3 Å².